The molecule has 2 aromatic carbocycles. The van der Waals surface area contributed by atoms with E-state index in [9.17, 15) is 9.90 Å². The van der Waals surface area contributed by atoms with E-state index in [1.54, 1.807) is 0 Å². The lowest BCUT2D eigenvalue weighted by molar-refractivity contribution is -0.142. The molecule has 0 saturated carbocycles. The molecule has 134 valence electrons. The van der Waals surface area contributed by atoms with Crippen molar-refractivity contribution in [1.82, 2.24) is 4.90 Å². The number of nitrogens with zero attached hydrogens (tertiary/aromatic N) is 1. The maximum absolute atomic E-state index is 13.5. The summed E-state index contributed by atoms with van der Waals surface area (Å²) >= 11 is 0. The molecular formula is C23H25NO2. The molecule has 0 aromatic heterocycles. The fourth-order valence-corrected chi connectivity index (χ4v) is 4.48. The molecule has 0 bridgehead atoms. The van der Waals surface area contributed by atoms with Gasteiger partial charge in [0.05, 0.1) is 0 Å². The quantitative estimate of drug-likeness (QED) is 0.918. The predicted molar refractivity (Wildman–Crippen MR) is 104 cm³/mol. The van der Waals surface area contributed by atoms with E-state index in [1.165, 1.54) is 12.8 Å². The van der Waals surface area contributed by atoms with Gasteiger partial charge >= 0.3 is 0 Å². The molecule has 1 saturated heterocycles. The minimum absolute atomic E-state index is 0.198. The van der Waals surface area contributed by atoms with Crippen molar-refractivity contribution < 1.29 is 9.90 Å². The van der Waals surface area contributed by atoms with Crippen LogP contribution < -0.4 is 0 Å². The van der Waals surface area contributed by atoms with Crippen molar-refractivity contribution in [3.05, 3.63) is 77.9 Å². The molecule has 0 radical (unpaired) electrons. The lowest BCUT2D eigenvalue weighted by atomic mass is 9.71. The maximum Gasteiger partial charge on any atom is 0.200 e. The Morgan fingerprint density at radius 3 is 2.15 bits per heavy atom. The number of aliphatic hydroxyl groups is 1. The average Bonchev–Trinajstić information content (AvgIpc) is 3.25. The van der Waals surface area contributed by atoms with Crippen LogP contribution in [0.4, 0.5) is 0 Å². The Kier molecular flexibility index (Phi) is 4.29. The highest BCUT2D eigenvalue weighted by Crippen LogP contribution is 2.51. The summed E-state index contributed by atoms with van der Waals surface area (Å²) in [6.45, 7) is 4.76. The summed E-state index contributed by atoms with van der Waals surface area (Å²) in [7, 11) is 0. The van der Waals surface area contributed by atoms with Crippen LogP contribution in [-0.4, -0.2) is 35.4 Å². The Bertz CT molecular complexity index is 824. The van der Waals surface area contributed by atoms with Gasteiger partial charge in [0, 0.05) is 17.5 Å². The third-order valence-corrected chi connectivity index (χ3v) is 5.89. The second-order valence-corrected chi connectivity index (χ2v) is 7.73. The number of Topliss-reactive ketones (excluding diaryl/α,β-unsaturated/α-hetero) is 1. The third kappa shape index (κ3) is 2.63. The summed E-state index contributed by atoms with van der Waals surface area (Å²) in [5, 5.41) is 11.8. The molecule has 1 aliphatic heterocycles. The van der Waals surface area contributed by atoms with E-state index in [1.807, 2.05) is 73.7 Å². The van der Waals surface area contributed by atoms with Gasteiger partial charge in [-0.15, -0.1) is 0 Å². The van der Waals surface area contributed by atoms with Gasteiger partial charge in [-0.25, -0.2) is 0 Å². The zero-order valence-corrected chi connectivity index (χ0v) is 15.2. The molecular weight excluding hydrogens is 322 g/mol. The first-order chi connectivity index (χ1) is 12.5. The molecule has 1 fully saturated rings. The van der Waals surface area contributed by atoms with Crippen molar-refractivity contribution in [3.63, 3.8) is 0 Å². The molecule has 3 nitrogen and oxygen atoms in total. The number of hydrogen-bond donors (Lipinski definition) is 1. The number of carbonyl (C=O) groups excluding carboxylic acids is 1. The van der Waals surface area contributed by atoms with E-state index in [0.717, 1.165) is 18.7 Å². The van der Waals surface area contributed by atoms with Crippen molar-refractivity contribution >= 4 is 11.4 Å². The lowest BCUT2D eigenvalue weighted by Crippen LogP contribution is -2.50. The molecule has 2 aromatic rings. The van der Waals surface area contributed by atoms with E-state index < -0.39 is 11.0 Å². The van der Waals surface area contributed by atoms with Crippen molar-refractivity contribution in [1.29, 1.82) is 0 Å². The molecule has 26 heavy (non-hydrogen) atoms. The number of rotatable bonds is 4. The van der Waals surface area contributed by atoms with Crippen molar-refractivity contribution in [2.75, 3.05) is 19.6 Å². The molecule has 4 rings (SSSR count). The number of benzene rings is 2. The van der Waals surface area contributed by atoms with Crippen LogP contribution in [0.25, 0.3) is 5.57 Å². The van der Waals surface area contributed by atoms with Crippen LogP contribution in [0.1, 0.15) is 30.9 Å². The van der Waals surface area contributed by atoms with Gasteiger partial charge in [0.25, 0.3) is 0 Å². The minimum atomic E-state index is -1.54. The zero-order chi connectivity index (χ0) is 18.2. The van der Waals surface area contributed by atoms with E-state index in [2.05, 4.69) is 4.90 Å². The number of hydrogen-bond acceptors (Lipinski definition) is 3. The first-order valence-electron chi connectivity index (χ1n) is 9.38. The first-order valence-corrected chi connectivity index (χ1v) is 9.38. The van der Waals surface area contributed by atoms with Gasteiger partial charge in [-0.2, -0.15) is 0 Å². The van der Waals surface area contributed by atoms with Crippen LogP contribution >= 0.6 is 0 Å². The summed E-state index contributed by atoms with van der Waals surface area (Å²) < 4.78 is 0. The fourth-order valence-electron chi connectivity index (χ4n) is 4.48. The zero-order valence-electron chi connectivity index (χ0n) is 15.2. The van der Waals surface area contributed by atoms with Gasteiger partial charge in [0.15, 0.2) is 11.4 Å². The van der Waals surface area contributed by atoms with Gasteiger partial charge < -0.3 is 10.0 Å². The molecule has 2 atom stereocenters. The van der Waals surface area contributed by atoms with Gasteiger partial charge in [-0.05, 0) is 37.1 Å². The highest BCUT2D eigenvalue weighted by atomic mass is 16.3. The van der Waals surface area contributed by atoms with Crippen molar-refractivity contribution in [2.24, 2.45) is 5.41 Å². The Labute approximate surface area is 155 Å². The van der Waals surface area contributed by atoms with Crippen LogP contribution in [0.5, 0.6) is 0 Å². The standard InChI is InChI=1S/C23H25NO2/c1-22(17-24-14-8-9-15-24)16-20(18-10-4-2-5-11-18)21(25)23(22,26)19-12-6-3-7-13-19/h2-7,10-13,16,26H,8-9,14-15,17H2,1H3/t22-,23+/m0/s1. The summed E-state index contributed by atoms with van der Waals surface area (Å²) in [4.78, 5) is 15.8. The van der Waals surface area contributed by atoms with E-state index in [4.69, 9.17) is 0 Å². The van der Waals surface area contributed by atoms with Crippen molar-refractivity contribution in [3.8, 4) is 0 Å². The number of carbonyl (C=O) groups is 1. The topological polar surface area (TPSA) is 40.5 Å². The van der Waals surface area contributed by atoms with Crippen LogP contribution in [0, 0.1) is 5.41 Å². The fraction of sp³-hybridized carbons (Fsp3) is 0.348. The van der Waals surface area contributed by atoms with Gasteiger partial charge in [0.2, 0.25) is 0 Å². The first kappa shape index (κ1) is 17.2. The van der Waals surface area contributed by atoms with Gasteiger partial charge in [0.1, 0.15) is 0 Å². The third-order valence-electron chi connectivity index (χ3n) is 5.89. The van der Waals surface area contributed by atoms with Gasteiger partial charge in [-0.3, -0.25) is 4.79 Å². The normalized spacial score (nSPS) is 29.2. The van der Waals surface area contributed by atoms with Crippen LogP contribution in [-0.2, 0) is 10.4 Å². The Hall–Kier alpha value is -2.23. The van der Waals surface area contributed by atoms with Crippen LogP contribution in [0.3, 0.4) is 0 Å². The highest BCUT2D eigenvalue weighted by Gasteiger charge is 2.58. The molecule has 2 aliphatic rings. The van der Waals surface area contributed by atoms with Crippen molar-refractivity contribution in [2.45, 2.75) is 25.4 Å². The monoisotopic (exact) mass is 347 g/mol. The van der Waals surface area contributed by atoms with Crippen LogP contribution in [0.2, 0.25) is 0 Å². The SMILES string of the molecule is C[C@@]1(CN2CCCC2)C=C(c2ccccc2)C(=O)[C@]1(O)c1ccccc1. The molecule has 1 N–H and O–H groups in total. The second kappa shape index (κ2) is 6.49. The molecule has 0 spiro atoms. The number of likely N-dealkylation sites (tertiary alicyclic amines) is 1. The van der Waals surface area contributed by atoms with E-state index >= 15 is 0 Å². The molecule has 1 aliphatic carbocycles. The average molecular weight is 347 g/mol. The Morgan fingerprint density at radius 2 is 1.54 bits per heavy atom. The van der Waals surface area contributed by atoms with Crippen LogP contribution in [0.15, 0.2) is 66.7 Å². The Balaban J connectivity index is 1.82. The minimum Gasteiger partial charge on any atom is -0.376 e. The summed E-state index contributed by atoms with van der Waals surface area (Å²) in [6.07, 6.45) is 4.38. The second-order valence-electron chi connectivity index (χ2n) is 7.73. The molecule has 0 amide bonds. The molecule has 0 unspecified atom stereocenters. The lowest BCUT2D eigenvalue weighted by Gasteiger charge is -2.40. The molecule has 1 heterocycles. The smallest absolute Gasteiger partial charge is 0.200 e. The molecule has 3 heteroatoms. The highest BCUT2D eigenvalue weighted by molar-refractivity contribution is 6.27. The summed E-state index contributed by atoms with van der Waals surface area (Å²) in [5.41, 5.74) is -0.0345. The summed E-state index contributed by atoms with van der Waals surface area (Å²) in [6, 6.07) is 19.1. The maximum atomic E-state index is 13.5. The van der Waals surface area contributed by atoms with E-state index in [-0.39, 0.29) is 5.78 Å². The Morgan fingerprint density at radius 1 is 0.962 bits per heavy atom. The number of ketones is 1. The van der Waals surface area contributed by atoms with E-state index in [0.29, 0.717) is 17.7 Å². The van der Waals surface area contributed by atoms with Gasteiger partial charge in [-0.1, -0.05) is 73.7 Å². The largest absolute Gasteiger partial charge is 0.376 e. The predicted octanol–water partition coefficient (Wildman–Crippen LogP) is 3.64. The summed E-state index contributed by atoms with van der Waals surface area (Å²) in [5.74, 6) is -0.198.